The molecule has 1 amide bonds. The average molecular weight is 1950 g/mol. The van der Waals surface area contributed by atoms with Crippen LogP contribution in [0.3, 0.4) is 0 Å². The fraction of sp³-hybridized carbons (Fsp3) is 0.767. The van der Waals surface area contributed by atoms with Crippen molar-refractivity contribution in [3.8, 4) is 0 Å². The van der Waals surface area contributed by atoms with Crippen molar-refractivity contribution >= 4 is 116 Å². The Morgan fingerprint density at radius 3 is 0.943 bits per heavy atom. The molecule has 0 heterocycles. The molecule has 122 heavy (non-hydrogen) atoms. The van der Waals surface area contributed by atoms with Crippen LogP contribution >= 0.6 is 0 Å². The molecule has 49 heteroatoms. The zero-order valence-corrected chi connectivity index (χ0v) is 88.9. The predicted molar refractivity (Wildman–Crippen MR) is 490 cm³/mol. The van der Waals surface area contributed by atoms with Gasteiger partial charge in [0.05, 0.1) is 25.9 Å². The van der Waals surface area contributed by atoms with Gasteiger partial charge in [-0.2, -0.15) is 13.2 Å². The number of halogens is 3. The fourth-order valence-corrected chi connectivity index (χ4v) is 23.9. The van der Waals surface area contributed by atoms with E-state index >= 15 is 0 Å². The summed E-state index contributed by atoms with van der Waals surface area (Å²) < 4.78 is 146. The van der Waals surface area contributed by atoms with Gasteiger partial charge in [-0.3, -0.25) is 4.79 Å². The number of nitrogens with two attached hydrogens (primary N) is 3. The van der Waals surface area contributed by atoms with E-state index in [1.54, 1.807) is 111 Å². The van der Waals surface area contributed by atoms with E-state index in [1.165, 1.54) is 40.4 Å². The second-order valence-electron chi connectivity index (χ2n) is 26.6. The van der Waals surface area contributed by atoms with Crippen molar-refractivity contribution in [1.82, 2.24) is 5.32 Å². The number of rotatable bonds is 56. The molecule has 0 saturated heterocycles. The van der Waals surface area contributed by atoms with Gasteiger partial charge in [-0.05, 0) is 157 Å². The van der Waals surface area contributed by atoms with E-state index in [-0.39, 0.29) is 48.3 Å². The molecule has 0 aliphatic carbocycles. The summed E-state index contributed by atoms with van der Waals surface area (Å²) in [6, 6.07) is 5.00. The molecule has 0 aromatic carbocycles. The summed E-state index contributed by atoms with van der Waals surface area (Å²) in [5.74, 6) is -5.88. The van der Waals surface area contributed by atoms with E-state index < -0.39 is 104 Å². The second-order valence-corrected chi connectivity index (χ2v) is 59.3. The molecule has 0 aliphatic heterocycles. The lowest BCUT2D eigenvalue weighted by Crippen LogP contribution is -2.48. The van der Waals surface area contributed by atoms with Crippen molar-refractivity contribution in [2.45, 2.75) is 200 Å². The molecule has 730 valence electrons. The molecular weight excluding hydrogens is 1780 g/mol. The average Bonchev–Trinajstić information content (AvgIpc) is 0.818. The number of hydrogen-bond donors (Lipinski definition) is 10. The molecule has 0 spiro atoms. The number of alkyl halides is 3. The third-order valence-electron chi connectivity index (χ3n) is 16.5. The van der Waals surface area contributed by atoms with Crippen molar-refractivity contribution in [3.63, 3.8) is 0 Å². The molecule has 0 unspecified atom stereocenters. The molecule has 0 bridgehead atoms. The van der Waals surface area contributed by atoms with Crippen LogP contribution < -0.4 is 22.5 Å². The van der Waals surface area contributed by atoms with E-state index in [0.29, 0.717) is 107 Å². The Morgan fingerprint density at radius 1 is 0.385 bits per heavy atom. The van der Waals surface area contributed by atoms with E-state index in [1.807, 2.05) is 20.8 Å². The van der Waals surface area contributed by atoms with E-state index in [9.17, 15) is 37.1 Å². The molecule has 0 aromatic rings. The number of ether oxygens (including phenoxy) is 4. The monoisotopic (exact) mass is 1950 g/mol. The zero-order valence-electron chi connectivity index (χ0n) is 78.9. The highest BCUT2D eigenvalue weighted by molar-refractivity contribution is 6.81. The standard InChI is InChI=1S/C10H20O5Si.C10H20O3Si.C9H19NO4Si.C9H23NO3Si.C7H15F3Si.C7H19NOSi.C7H14O5Si.C6H12O5Si.C5H12O3Si.C3H11NO3Si/c1-9(2)10(11)15-7-6-8-16(12-3,13-4)14-5;1-9(2)10(11)13-7-6-8-14(4,5)12-3;1-5-9(11)10-7-6-8-15(12-2,13-3)14-4;1-4-11-14(12-5-2,13-6-3)9-7-8-10;1-4-11(5-2,6-3)7(8,9)10;1-4-9-10(2,3)7-5-6-8;1-5-7(8)12-6-13(9-2,10-3)11-4;1-5(2)6(7)11-3-4-12(8,9)10;1-5-9(6-2,7-3)8-4;4-2-1-3-8(5,6)7/h1,6-8H2,2-5H3;1,6-8H2,2-5H3;5H,1,6-8H2,2-4H3,(H,10,11);4-10H2,1-3H3;4-6H2,1-3H3;4-8H2,1-3H3;5H,1,6H2,2-4H3;8-10H,1,3-4H2,2H3;5H,1H2,2-4H3;5-7H,1-4H2. The Morgan fingerprint density at radius 2 is 0.697 bits per heavy atom. The first-order valence-corrected chi connectivity index (χ1v) is 62.1. The summed E-state index contributed by atoms with van der Waals surface area (Å²) in [6.45, 7) is 52.6. The minimum absolute atomic E-state index is 0.0125. The van der Waals surface area contributed by atoms with Crippen LogP contribution in [-0.4, -0.2) is 322 Å². The molecule has 0 atom stereocenters. The SMILES string of the molecule is C=C(C)C(=O)OCCC[Si](C)(C)OC.C=C(C)C(=O)OCCC[Si](OC)(OC)OC.C=C(C)C(=O)OCC[Si](O)(O)O.C=CC(=O)NCCC[Si](OC)(OC)OC.C=CC(=O)OC[Si](OC)(OC)OC.C=C[Si](OC)(OC)OC.CCO[Si](C)(C)CCCN.CCO[Si](CCCN)(OCC)OCC.CC[Si](CC)(CC)C(F)(F)F.NCCC[Si](O)(O)O. The first-order chi connectivity index (χ1) is 56.6. The van der Waals surface area contributed by atoms with Crippen molar-refractivity contribution in [2.75, 3.05) is 171 Å². The van der Waals surface area contributed by atoms with Gasteiger partial charge in [-0.1, -0.05) is 78.4 Å². The molecule has 0 fully saturated rings. The summed E-state index contributed by atoms with van der Waals surface area (Å²) in [7, 11) is -6.07. The van der Waals surface area contributed by atoms with E-state index in [2.05, 4.69) is 82.6 Å². The quantitative estimate of drug-likeness (QED) is 0.00893. The molecule has 0 aliphatic rings. The molecular formula is C73H165F3N4O32Si10. The van der Waals surface area contributed by atoms with Gasteiger partial charge < -0.3 is 145 Å². The van der Waals surface area contributed by atoms with Gasteiger partial charge in [-0.15, -0.1) is 0 Å². The van der Waals surface area contributed by atoms with E-state index in [0.717, 1.165) is 57.0 Å². The normalized spacial score (nSPS) is 11.6. The maximum absolute atomic E-state index is 12.4. The highest BCUT2D eigenvalue weighted by Gasteiger charge is 2.53. The number of esters is 4. The van der Waals surface area contributed by atoms with E-state index in [4.69, 9.17) is 135 Å². The highest BCUT2D eigenvalue weighted by atomic mass is 28.4. The highest BCUT2D eigenvalue weighted by Crippen LogP contribution is 2.37. The smallest absolute Gasteiger partial charge is 0.462 e. The van der Waals surface area contributed by atoms with Gasteiger partial charge in [0, 0.05) is 172 Å². The van der Waals surface area contributed by atoms with Crippen molar-refractivity contribution < 1.29 is 160 Å². The van der Waals surface area contributed by atoms with Crippen LogP contribution in [0.25, 0.3) is 0 Å². The van der Waals surface area contributed by atoms with Gasteiger partial charge in [0.25, 0.3) is 0 Å². The van der Waals surface area contributed by atoms with Crippen LogP contribution in [0.4, 0.5) is 13.2 Å². The Balaban J connectivity index is -0.000000144. The van der Waals surface area contributed by atoms with Crippen LogP contribution in [0.2, 0.25) is 86.6 Å². The van der Waals surface area contributed by atoms with Crippen LogP contribution in [-0.2, 0) is 118 Å². The van der Waals surface area contributed by atoms with Crippen molar-refractivity contribution in [1.29, 1.82) is 0 Å². The number of amides is 1. The lowest BCUT2D eigenvalue weighted by molar-refractivity contribution is -0.139. The second kappa shape index (κ2) is 82.1. The Bertz CT molecular complexity index is 2600. The van der Waals surface area contributed by atoms with Crippen molar-refractivity contribution in [3.05, 3.63) is 74.0 Å². The Kier molecular flexibility index (Phi) is 93.7. The minimum Gasteiger partial charge on any atom is -0.462 e. The van der Waals surface area contributed by atoms with Gasteiger partial charge in [-0.25, -0.2) is 19.2 Å². The summed E-state index contributed by atoms with van der Waals surface area (Å²) >= 11 is 0. The predicted octanol–water partition coefficient (Wildman–Crippen LogP) is 8.83. The lowest BCUT2D eigenvalue weighted by atomic mass is 10.4. The maximum Gasteiger partial charge on any atom is 0.539 e. The number of nitrogens with one attached hydrogen (secondary N) is 1. The summed E-state index contributed by atoms with van der Waals surface area (Å²) in [5, 5.41) is 2.68. The molecule has 0 rings (SSSR count). The van der Waals surface area contributed by atoms with Gasteiger partial charge >= 0.3 is 91.3 Å². The molecule has 0 aromatic heterocycles. The Hall–Kier alpha value is -3.29. The van der Waals surface area contributed by atoms with Gasteiger partial charge in [0.15, 0.2) is 30.9 Å². The first-order valence-electron chi connectivity index (χ1n) is 39.7. The third kappa shape index (κ3) is 78.9. The zero-order chi connectivity index (χ0) is 97.6. The van der Waals surface area contributed by atoms with Crippen molar-refractivity contribution in [2.24, 2.45) is 17.2 Å². The van der Waals surface area contributed by atoms with Crippen LogP contribution in [0, 0.1) is 0 Å². The third-order valence-corrected chi connectivity index (χ3v) is 42.4. The Labute approximate surface area is 740 Å². The first kappa shape index (κ1) is 139. The topological polar surface area (TPSA) is 491 Å². The molecule has 13 N–H and O–H groups in total. The summed E-state index contributed by atoms with van der Waals surface area (Å²) in [4.78, 5) is 105. The van der Waals surface area contributed by atoms with Gasteiger partial charge in [0.2, 0.25) is 5.91 Å². The largest absolute Gasteiger partial charge is 0.539 e. The minimum atomic E-state index is -4.07. The number of carbonyl (C=O) groups excluding carboxylic acids is 5. The molecule has 0 radical (unpaired) electrons. The number of carbonyl (C=O) groups is 5. The molecule has 0 saturated carbocycles. The van der Waals surface area contributed by atoms with Crippen LogP contribution in [0.15, 0.2) is 74.0 Å². The van der Waals surface area contributed by atoms with Crippen LogP contribution in [0.1, 0.15) is 108 Å². The lowest BCUT2D eigenvalue weighted by Gasteiger charge is -2.29. The fourth-order valence-electron chi connectivity index (χ4n) is 8.72. The maximum atomic E-state index is 12.4. The molecule has 36 nitrogen and oxygen atoms in total. The van der Waals surface area contributed by atoms with Gasteiger partial charge in [0.1, 0.15) is 0 Å². The van der Waals surface area contributed by atoms with Crippen LogP contribution in [0.5, 0.6) is 0 Å². The summed E-state index contributed by atoms with van der Waals surface area (Å²) in [6.07, 6.45) is 7.03. The number of hydrogen-bond acceptors (Lipinski definition) is 35. The summed E-state index contributed by atoms with van der Waals surface area (Å²) in [5.41, 5.74) is 18.6.